The normalized spacial score (nSPS) is 17.4. The standard InChI is InChI=1S/C40H42N4O5/c1-43-32-13-7-6-12-31(32)37-36(27-10-4-3-5-11-27)30-20-17-28(24-33(30)44(37)25-34(43)45)38(47)42-40(22-8-9-23-40)39(48)41-29-18-14-26(15-19-29)16-21-35(46)49-2/h6-7,12-21,24,27H,3-5,8-11,22-23,25H2,1-2H3,(H,41,48)(H,42,47). The maximum atomic E-state index is 14.0. The first-order chi connectivity index (χ1) is 23.8. The maximum absolute atomic E-state index is 14.0. The van der Waals surface area contributed by atoms with Gasteiger partial charge in [-0.05, 0) is 79.1 Å². The van der Waals surface area contributed by atoms with Crippen LogP contribution in [0.3, 0.4) is 0 Å². The molecule has 2 aliphatic carbocycles. The molecule has 2 saturated carbocycles. The van der Waals surface area contributed by atoms with Crippen molar-refractivity contribution in [3.05, 3.63) is 89.5 Å². The Morgan fingerprint density at radius 2 is 1.65 bits per heavy atom. The van der Waals surface area contributed by atoms with Gasteiger partial charge in [-0.2, -0.15) is 0 Å². The van der Waals surface area contributed by atoms with Crippen molar-refractivity contribution in [3.8, 4) is 11.3 Å². The third-order valence-corrected chi connectivity index (χ3v) is 10.6. The van der Waals surface area contributed by atoms with E-state index >= 15 is 0 Å². The number of aromatic nitrogens is 1. The number of nitrogens with zero attached hydrogens (tertiary/aromatic N) is 2. The molecule has 3 aliphatic rings. The monoisotopic (exact) mass is 658 g/mol. The SMILES string of the molecule is COC(=O)C=Cc1ccc(NC(=O)C2(NC(=O)c3ccc4c(C5CCCCC5)c5n(c4c3)CC(=O)N(C)c3ccccc3-5)CCCC2)cc1. The van der Waals surface area contributed by atoms with Crippen LogP contribution in [0.2, 0.25) is 0 Å². The van der Waals surface area contributed by atoms with Gasteiger partial charge >= 0.3 is 5.97 Å². The fourth-order valence-corrected chi connectivity index (χ4v) is 7.96. The number of carbonyl (C=O) groups excluding carboxylic acids is 4. The molecule has 0 atom stereocenters. The van der Waals surface area contributed by atoms with Crippen LogP contribution in [-0.2, 0) is 25.7 Å². The molecule has 2 heterocycles. The zero-order chi connectivity index (χ0) is 34.1. The molecule has 3 aromatic carbocycles. The van der Waals surface area contributed by atoms with Crippen molar-refractivity contribution in [2.75, 3.05) is 24.4 Å². The molecule has 1 aliphatic heterocycles. The summed E-state index contributed by atoms with van der Waals surface area (Å²) in [4.78, 5) is 54.5. The third-order valence-electron chi connectivity index (χ3n) is 10.6. The lowest BCUT2D eigenvalue weighted by molar-refractivity contribution is -0.134. The number of anilines is 2. The fourth-order valence-electron chi connectivity index (χ4n) is 7.96. The number of likely N-dealkylation sites (N-methyl/N-ethyl adjacent to an activating group) is 1. The van der Waals surface area contributed by atoms with Gasteiger partial charge < -0.3 is 24.8 Å². The molecular formula is C40H42N4O5. The second kappa shape index (κ2) is 13.4. The van der Waals surface area contributed by atoms with Crippen LogP contribution in [0.1, 0.15) is 85.2 Å². The van der Waals surface area contributed by atoms with Gasteiger partial charge in [0.05, 0.1) is 24.0 Å². The topological polar surface area (TPSA) is 110 Å². The highest BCUT2D eigenvalue weighted by molar-refractivity contribution is 6.08. The summed E-state index contributed by atoms with van der Waals surface area (Å²) in [6.45, 7) is 0.179. The van der Waals surface area contributed by atoms with Crippen molar-refractivity contribution in [1.29, 1.82) is 0 Å². The summed E-state index contributed by atoms with van der Waals surface area (Å²) in [5.74, 6) is -0.642. The molecule has 252 valence electrons. The lowest BCUT2D eigenvalue weighted by Crippen LogP contribution is -2.55. The zero-order valence-corrected chi connectivity index (χ0v) is 28.1. The molecule has 0 radical (unpaired) electrons. The van der Waals surface area contributed by atoms with E-state index in [9.17, 15) is 19.2 Å². The van der Waals surface area contributed by atoms with Crippen LogP contribution in [0.15, 0.2) is 72.8 Å². The van der Waals surface area contributed by atoms with E-state index in [1.807, 2.05) is 43.4 Å². The van der Waals surface area contributed by atoms with E-state index in [0.29, 0.717) is 30.0 Å². The fraction of sp³-hybridized carbons (Fsp3) is 0.350. The number of para-hydroxylation sites is 1. The molecule has 0 unspecified atom stereocenters. The van der Waals surface area contributed by atoms with Gasteiger partial charge in [0.15, 0.2) is 0 Å². The van der Waals surface area contributed by atoms with Crippen molar-refractivity contribution in [2.24, 2.45) is 0 Å². The van der Waals surface area contributed by atoms with Gasteiger partial charge in [-0.15, -0.1) is 0 Å². The summed E-state index contributed by atoms with van der Waals surface area (Å²) in [5.41, 5.74) is 5.95. The number of carbonyl (C=O) groups is 4. The summed E-state index contributed by atoms with van der Waals surface area (Å²) in [5, 5.41) is 7.23. The van der Waals surface area contributed by atoms with Crippen LogP contribution in [0, 0.1) is 0 Å². The highest BCUT2D eigenvalue weighted by Gasteiger charge is 2.43. The van der Waals surface area contributed by atoms with Crippen LogP contribution in [0.5, 0.6) is 0 Å². The van der Waals surface area contributed by atoms with Crippen LogP contribution < -0.4 is 15.5 Å². The van der Waals surface area contributed by atoms with Crippen molar-refractivity contribution < 1.29 is 23.9 Å². The number of hydrogen-bond donors (Lipinski definition) is 2. The Morgan fingerprint density at radius 1 is 0.918 bits per heavy atom. The number of ether oxygens (including phenoxy) is 1. The number of rotatable bonds is 7. The van der Waals surface area contributed by atoms with E-state index in [2.05, 4.69) is 26.0 Å². The van der Waals surface area contributed by atoms with Gasteiger partial charge in [0, 0.05) is 35.3 Å². The average Bonchev–Trinajstić information content (AvgIpc) is 3.71. The van der Waals surface area contributed by atoms with Crippen molar-refractivity contribution in [2.45, 2.75) is 75.8 Å². The number of methoxy groups -OCH3 is 1. The Hall–Kier alpha value is -5.18. The van der Waals surface area contributed by atoms with Gasteiger partial charge in [-0.3, -0.25) is 14.4 Å². The number of fused-ring (bicyclic) bond motifs is 5. The predicted octanol–water partition coefficient (Wildman–Crippen LogP) is 7.20. The first-order valence-electron chi connectivity index (χ1n) is 17.3. The smallest absolute Gasteiger partial charge is 0.330 e. The molecule has 9 heteroatoms. The van der Waals surface area contributed by atoms with Crippen molar-refractivity contribution >= 4 is 52.0 Å². The van der Waals surface area contributed by atoms with Gasteiger partial charge in [-0.25, -0.2) is 4.79 Å². The van der Waals surface area contributed by atoms with Crippen molar-refractivity contribution in [1.82, 2.24) is 9.88 Å². The Bertz CT molecular complexity index is 1960. The number of amides is 3. The minimum Gasteiger partial charge on any atom is -0.466 e. The molecule has 7 rings (SSSR count). The molecule has 1 aromatic heterocycles. The molecule has 4 aromatic rings. The molecule has 9 nitrogen and oxygen atoms in total. The molecule has 0 bridgehead atoms. The zero-order valence-electron chi connectivity index (χ0n) is 28.1. The Labute approximate surface area is 286 Å². The van der Waals surface area contributed by atoms with E-state index < -0.39 is 11.5 Å². The maximum Gasteiger partial charge on any atom is 0.330 e. The predicted molar refractivity (Wildman–Crippen MR) is 191 cm³/mol. The third kappa shape index (κ3) is 6.14. The molecule has 0 saturated heterocycles. The lowest BCUT2D eigenvalue weighted by atomic mass is 9.81. The van der Waals surface area contributed by atoms with E-state index in [1.54, 1.807) is 35.2 Å². The summed E-state index contributed by atoms with van der Waals surface area (Å²) < 4.78 is 6.76. The summed E-state index contributed by atoms with van der Waals surface area (Å²) in [6.07, 6.45) is 11.5. The summed E-state index contributed by atoms with van der Waals surface area (Å²) in [7, 11) is 3.15. The van der Waals surface area contributed by atoms with Gasteiger partial charge in [0.2, 0.25) is 11.8 Å². The highest BCUT2D eigenvalue weighted by atomic mass is 16.5. The first-order valence-corrected chi connectivity index (χ1v) is 17.3. The number of hydrogen-bond acceptors (Lipinski definition) is 5. The van der Waals surface area contributed by atoms with Crippen LogP contribution in [0.4, 0.5) is 11.4 Å². The van der Waals surface area contributed by atoms with Crippen molar-refractivity contribution in [3.63, 3.8) is 0 Å². The molecule has 2 N–H and O–H groups in total. The quantitative estimate of drug-likeness (QED) is 0.161. The number of nitrogens with one attached hydrogen (secondary N) is 2. The average molecular weight is 659 g/mol. The first kappa shape index (κ1) is 32.4. The van der Waals surface area contributed by atoms with Crippen LogP contribution in [-0.4, -0.2) is 48.0 Å². The molecule has 0 spiro atoms. The second-order valence-electron chi connectivity index (χ2n) is 13.6. The summed E-state index contributed by atoms with van der Waals surface area (Å²) in [6, 6.07) is 21.1. The Balaban J connectivity index is 1.21. The van der Waals surface area contributed by atoms with Gasteiger partial charge in [0.25, 0.3) is 5.91 Å². The molecular weight excluding hydrogens is 616 g/mol. The minimum atomic E-state index is -1.05. The largest absolute Gasteiger partial charge is 0.466 e. The van der Waals surface area contributed by atoms with Crippen LogP contribution in [0.25, 0.3) is 28.2 Å². The number of benzene rings is 3. The molecule has 49 heavy (non-hydrogen) atoms. The van der Waals surface area contributed by atoms with Crippen LogP contribution >= 0.6 is 0 Å². The van der Waals surface area contributed by atoms with E-state index in [4.69, 9.17) is 0 Å². The highest BCUT2D eigenvalue weighted by Crippen LogP contribution is 2.47. The van der Waals surface area contributed by atoms with E-state index in [-0.39, 0.29) is 24.3 Å². The van der Waals surface area contributed by atoms with Gasteiger partial charge in [-0.1, -0.05) is 68.5 Å². The number of esters is 1. The Kier molecular flexibility index (Phi) is 8.84. The lowest BCUT2D eigenvalue weighted by Gasteiger charge is -2.29. The van der Waals surface area contributed by atoms with Gasteiger partial charge in [0.1, 0.15) is 12.1 Å². The summed E-state index contributed by atoms with van der Waals surface area (Å²) >= 11 is 0. The molecule has 3 amide bonds. The second-order valence-corrected chi connectivity index (χ2v) is 13.6. The Morgan fingerprint density at radius 3 is 2.39 bits per heavy atom. The van der Waals surface area contributed by atoms with E-state index in [1.165, 1.54) is 38.0 Å². The minimum absolute atomic E-state index is 0.0118. The van der Waals surface area contributed by atoms with E-state index in [0.717, 1.165) is 59.1 Å². The molecule has 2 fully saturated rings.